The number of hydrogen-bond donors (Lipinski definition) is 2. The van der Waals surface area contributed by atoms with Crippen LogP contribution in [0.15, 0.2) is 29.2 Å². The molecule has 1 saturated carbocycles. The van der Waals surface area contributed by atoms with Crippen molar-refractivity contribution in [3.8, 4) is 0 Å². The minimum absolute atomic E-state index is 0. The summed E-state index contributed by atoms with van der Waals surface area (Å²) in [6.07, 6.45) is 6.81. The van der Waals surface area contributed by atoms with Gasteiger partial charge in [0.2, 0.25) is 10.0 Å². The van der Waals surface area contributed by atoms with Gasteiger partial charge in [0, 0.05) is 30.7 Å². The molecule has 8 heteroatoms. The van der Waals surface area contributed by atoms with E-state index in [0.717, 1.165) is 44.9 Å². The Morgan fingerprint density at radius 1 is 1.15 bits per heavy atom. The van der Waals surface area contributed by atoms with Crippen molar-refractivity contribution < 1.29 is 13.2 Å². The van der Waals surface area contributed by atoms with E-state index in [4.69, 9.17) is 5.73 Å². The first-order valence-corrected chi connectivity index (χ1v) is 10.6. The number of rotatable bonds is 5. The molecule has 1 aliphatic heterocycles. The molecule has 1 saturated heterocycles. The Balaban J connectivity index is 0.00000243. The average Bonchev–Trinajstić information content (AvgIpc) is 3.13. The Hall–Kier alpha value is -1.15. The lowest BCUT2D eigenvalue weighted by molar-refractivity contribution is 0.0623. The summed E-state index contributed by atoms with van der Waals surface area (Å²) in [6.45, 7) is 1.12. The topological polar surface area (TPSA) is 92.5 Å². The number of nitrogens with one attached hydrogen (secondary N) is 1. The van der Waals surface area contributed by atoms with Crippen LogP contribution >= 0.6 is 12.4 Å². The molecule has 3 N–H and O–H groups in total. The second-order valence-corrected chi connectivity index (χ2v) is 8.73. The molecule has 1 aliphatic carbocycles. The van der Waals surface area contributed by atoms with Gasteiger partial charge < -0.3 is 10.6 Å². The normalized spacial score (nSPS) is 21.4. The number of piperidine rings is 1. The van der Waals surface area contributed by atoms with E-state index in [-0.39, 0.29) is 35.3 Å². The number of nitrogens with zero attached hydrogens (tertiary/aromatic N) is 1. The van der Waals surface area contributed by atoms with Crippen LogP contribution in [0.2, 0.25) is 0 Å². The maximum Gasteiger partial charge on any atom is 0.254 e. The van der Waals surface area contributed by atoms with Crippen molar-refractivity contribution in [1.29, 1.82) is 0 Å². The highest BCUT2D eigenvalue weighted by Gasteiger charge is 2.28. The summed E-state index contributed by atoms with van der Waals surface area (Å²) in [6, 6.07) is 6.40. The van der Waals surface area contributed by atoms with E-state index in [1.807, 2.05) is 0 Å². The highest BCUT2D eigenvalue weighted by Crippen LogP contribution is 2.23. The molecule has 1 amide bonds. The first-order chi connectivity index (χ1) is 12.0. The molecule has 0 aromatic heterocycles. The Kier molecular flexibility index (Phi) is 7.46. The maximum atomic E-state index is 12.8. The molecule has 6 nitrogen and oxygen atoms in total. The van der Waals surface area contributed by atoms with Gasteiger partial charge in [-0.3, -0.25) is 4.79 Å². The zero-order valence-corrected chi connectivity index (χ0v) is 16.5. The fourth-order valence-electron chi connectivity index (χ4n) is 3.81. The van der Waals surface area contributed by atoms with Gasteiger partial charge in [-0.2, -0.15) is 0 Å². The van der Waals surface area contributed by atoms with E-state index >= 15 is 0 Å². The van der Waals surface area contributed by atoms with Gasteiger partial charge in [0.25, 0.3) is 5.91 Å². The molecule has 0 radical (unpaired) electrons. The Morgan fingerprint density at radius 2 is 1.85 bits per heavy atom. The van der Waals surface area contributed by atoms with E-state index in [0.29, 0.717) is 18.7 Å². The summed E-state index contributed by atoms with van der Waals surface area (Å²) in [7, 11) is -3.59. The molecule has 1 aromatic rings. The molecule has 1 heterocycles. The number of sulfonamides is 1. The van der Waals surface area contributed by atoms with Gasteiger partial charge in [0.1, 0.15) is 0 Å². The van der Waals surface area contributed by atoms with E-state index in [2.05, 4.69) is 4.72 Å². The lowest BCUT2D eigenvalue weighted by Crippen LogP contribution is -2.47. The molecule has 2 fully saturated rings. The van der Waals surface area contributed by atoms with Crippen molar-refractivity contribution >= 4 is 28.3 Å². The first-order valence-electron chi connectivity index (χ1n) is 9.15. The SMILES string of the molecule is Cl.NCC1CCCCN1C(=O)c1cccc(S(=O)(=O)NC2CCCC2)c1. The lowest BCUT2D eigenvalue weighted by atomic mass is 10.0. The number of carbonyl (C=O) groups excluding carboxylic acids is 1. The second kappa shape index (κ2) is 9.17. The number of benzene rings is 1. The van der Waals surface area contributed by atoms with Gasteiger partial charge in [-0.1, -0.05) is 18.9 Å². The highest BCUT2D eigenvalue weighted by molar-refractivity contribution is 7.89. The van der Waals surface area contributed by atoms with Crippen LogP contribution < -0.4 is 10.5 Å². The first kappa shape index (κ1) is 21.2. The van der Waals surface area contributed by atoms with Gasteiger partial charge >= 0.3 is 0 Å². The third-order valence-electron chi connectivity index (χ3n) is 5.23. The van der Waals surface area contributed by atoms with Crippen molar-refractivity contribution in [3.63, 3.8) is 0 Å². The van der Waals surface area contributed by atoms with E-state index in [1.54, 1.807) is 23.1 Å². The van der Waals surface area contributed by atoms with Crippen molar-refractivity contribution in [1.82, 2.24) is 9.62 Å². The average molecular weight is 402 g/mol. The van der Waals surface area contributed by atoms with Crippen LogP contribution in [0.4, 0.5) is 0 Å². The van der Waals surface area contributed by atoms with Gasteiger partial charge in [-0.25, -0.2) is 13.1 Å². The molecule has 0 bridgehead atoms. The summed E-state index contributed by atoms with van der Waals surface area (Å²) in [5.41, 5.74) is 6.21. The smallest absolute Gasteiger partial charge is 0.254 e. The van der Waals surface area contributed by atoms with Crippen LogP contribution in [0.25, 0.3) is 0 Å². The number of likely N-dealkylation sites (tertiary alicyclic amines) is 1. The number of nitrogens with two attached hydrogens (primary N) is 1. The van der Waals surface area contributed by atoms with E-state index in [1.165, 1.54) is 6.07 Å². The van der Waals surface area contributed by atoms with Gasteiger partial charge in [-0.05, 0) is 50.3 Å². The zero-order chi connectivity index (χ0) is 17.9. The molecule has 0 spiro atoms. The summed E-state index contributed by atoms with van der Waals surface area (Å²) in [4.78, 5) is 14.8. The quantitative estimate of drug-likeness (QED) is 0.791. The minimum Gasteiger partial charge on any atom is -0.334 e. The molecule has 2 aliphatic rings. The Bertz CT molecular complexity index is 720. The van der Waals surface area contributed by atoms with Gasteiger partial charge in [-0.15, -0.1) is 12.4 Å². The molecule has 1 aromatic carbocycles. The molecular formula is C18H28ClN3O3S. The number of carbonyl (C=O) groups is 1. The molecule has 146 valence electrons. The standard InChI is InChI=1S/C18H27N3O3S.ClH/c19-13-16-9-3-4-11-21(16)18(22)14-6-5-10-17(12-14)25(23,24)20-15-7-1-2-8-15;/h5-6,10,12,15-16,20H,1-4,7-9,11,13,19H2;1H. The highest BCUT2D eigenvalue weighted by atomic mass is 35.5. The third kappa shape index (κ3) is 4.76. The van der Waals surface area contributed by atoms with Crippen LogP contribution in [0, 0.1) is 0 Å². The van der Waals surface area contributed by atoms with Crippen molar-refractivity contribution in [2.45, 2.75) is 61.9 Å². The molecular weight excluding hydrogens is 374 g/mol. The van der Waals surface area contributed by atoms with E-state index in [9.17, 15) is 13.2 Å². The van der Waals surface area contributed by atoms with Gasteiger partial charge in [0.15, 0.2) is 0 Å². The van der Waals surface area contributed by atoms with Crippen molar-refractivity contribution in [2.75, 3.05) is 13.1 Å². The molecule has 1 atom stereocenters. The van der Waals surface area contributed by atoms with Crippen LogP contribution in [0.3, 0.4) is 0 Å². The predicted octanol–water partition coefficient (Wildman–Crippen LogP) is 2.28. The summed E-state index contributed by atoms with van der Waals surface area (Å²) in [5.74, 6) is -0.131. The summed E-state index contributed by atoms with van der Waals surface area (Å²) in [5, 5.41) is 0. The number of amides is 1. The number of halogens is 1. The lowest BCUT2D eigenvalue weighted by Gasteiger charge is -2.35. The molecule has 3 rings (SSSR count). The fourth-order valence-corrected chi connectivity index (χ4v) is 5.16. The minimum atomic E-state index is -3.59. The maximum absolute atomic E-state index is 12.8. The van der Waals surface area contributed by atoms with Crippen LogP contribution in [-0.2, 0) is 10.0 Å². The van der Waals surface area contributed by atoms with E-state index < -0.39 is 10.0 Å². The Morgan fingerprint density at radius 3 is 2.54 bits per heavy atom. The van der Waals surface area contributed by atoms with Crippen molar-refractivity contribution in [3.05, 3.63) is 29.8 Å². The summed E-state index contributed by atoms with van der Waals surface area (Å²) < 4.78 is 28.0. The fraction of sp³-hybridized carbons (Fsp3) is 0.611. The van der Waals surface area contributed by atoms with Crippen LogP contribution in [0.5, 0.6) is 0 Å². The van der Waals surface area contributed by atoms with Gasteiger partial charge in [0.05, 0.1) is 4.90 Å². The van der Waals surface area contributed by atoms with Crippen LogP contribution in [-0.4, -0.2) is 44.4 Å². The predicted molar refractivity (Wildman–Crippen MR) is 104 cm³/mol. The summed E-state index contributed by atoms with van der Waals surface area (Å²) >= 11 is 0. The monoisotopic (exact) mass is 401 g/mol. The largest absolute Gasteiger partial charge is 0.334 e. The molecule has 26 heavy (non-hydrogen) atoms. The van der Waals surface area contributed by atoms with Crippen molar-refractivity contribution in [2.24, 2.45) is 5.73 Å². The zero-order valence-electron chi connectivity index (χ0n) is 14.9. The van der Waals surface area contributed by atoms with Crippen LogP contribution in [0.1, 0.15) is 55.3 Å². The second-order valence-electron chi connectivity index (χ2n) is 7.01. The molecule has 1 unspecified atom stereocenters. The number of hydrogen-bond acceptors (Lipinski definition) is 4. The Labute approximate surface area is 162 Å². The third-order valence-corrected chi connectivity index (χ3v) is 6.75.